The van der Waals surface area contributed by atoms with E-state index in [1.165, 1.54) is 17.7 Å². The van der Waals surface area contributed by atoms with Gasteiger partial charge in [0.2, 0.25) is 0 Å². The fourth-order valence-electron chi connectivity index (χ4n) is 3.53. The lowest BCUT2D eigenvalue weighted by molar-refractivity contribution is 0.139. The molecule has 2 aromatic carbocycles. The van der Waals surface area contributed by atoms with E-state index in [0.717, 1.165) is 43.7 Å². The van der Waals surface area contributed by atoms with Crippen molar-refractivity contribution in [2.45, 2.75) is 31.3 Å². The average Bonchev–Trinajstić information content (AvgIpc) is 2.62. The number of hydrogen-bond donors (Lipinski definition) is 1. The van der Waals surface area contributed by atoms with Crippen LogP contribution in [0.3, 0.4) is 0 Å². The first-order valence-corrected chi connectivity index (χ1v) is 8.54. The third kappa shape index (κ3) is 3.94. The van der Waals surface area contributed by atoms with Crippen LogP contribution in [-0.4, -0.2) is 31.3 Å². The van der Waals surface area contributed by atoms with Gasteiger partial charge in [-0.2, -0.15) is 0 Å². The average molecular weight is 328 g/mol. The van der Waals surface area contributed by atoms with E-state index in [9.17, 15) is 4.39 Å². The van der Waals surface area contributed by atoms with Crippen LogP contribution in [0.25, 0.3) is 0 Å². The molecular formula is C20H25FN2O. The third-order valence-corrected chi connectivity index (χ3v) is 4.94. The molecule has 0 saturated carbocycles. The number of piperidine rings is 1. The van der Waals surface area contributed by atoms with Gasteiger partial charge in [0, 0.05) is 13.1 Å². The smallest absolute Gasteiger partial charge is 0.123 e. The van der Waals surface area contributed by atoms with Gasteiger partial charge in [-0.25, -0.2) is 4.39 Å². The van der Waals surface area contributed by atoms with E-state index in [1.807, 2.05) is 24.3 Å². The zero-order chi connectivity index (χ0) is 16.9. The minimum Gasteiger partial charge on any atom is -0.496 e. The van der Waals surface area contributed by atoms with Gasteiger partial charge in [0.1, 0.15) is 11.6 Å². The largest absolute Gasteiger partial charge is 0.496 e. The molecule has 3 rings (SSSR count). The SMILES string of the molecule is COc1ccccc1C1CCN(CCc2ccc(F)cc2)C(N)C1. The lowest BCUT2D eigenvalue weighted by Crippen LogP contribution is -2.48. The summed E-state index contributed by atoms with van der Waals surface area (Å²) in [6.45, 7) is 1.89. The molecule has 0 radical (unpaired) electrons. The second-order valence-corrected chi connectivity index (χ2v) is 6.44. The number of ether oxygens (including phenoxy) is 1. The highest BCUT2D eigenvalue weighted by molar-refractivity contribution is 5.36. The fraction of sp³-hybridized carbons (Fsp3) is 0.400. The molecule has 0 aromatic heterocycles. The Balaban J connectivity index is 1.58. The van der Waals surface area contributed by atoms with Crippen LogP contribution in [0.1, 0.15) is 29.9 Å². The summed E-state index contributed by atoms with van der Waals surface area (Å²) in [5.74, 6) is 1.21. The van der Waals surface area contributed by atoms with Crippen molar-refractivity contribution in [1.29, 1.82) is 0 Å². The Morgan fingerprint density at radius 3 is 2.62 bits per heavy atom. The number of methoxy groups -OCH3 is 1. The summed E-state index contributed by atoms with van der Waals surface area (Å²) < 4.78 is 18.5. The fourth-order valence-corrected chi connectivity index (χ4v) is 3.53. The number of hydrogen-bond acceptors (Lipinski definition) is 3. The zero-order valence-electron chi connectivity index (χ0n) is 14.1. The van der Waals surface area contributed by atoms with Crippen molar-refractivity contribution in [1.82, 2.24) is 4.90 Å². The highest BCUT2D eigenvalue weighted by atomic mass is 19.1. The molecule has 128 valence electrons. The van der Waals surface area contributed by atoms with Crippen molar-refractivity contribution in [2.75, 3.05) is 20.2 Å². The van der Waals surface area contributed by atoms with Crippen LogP contribution in [0.2, 0.25) is 0 Å². The van der Waals surface area contributed by atoms with E-state index < -0.39 is 0 Å². The summed E-state index contributed by atoms with van der Waals surface area (Å²) >= 11 is 0. The molecule has 2 atom stereocenters. The zero-order valence-corrected chi connectivity index (χ0v) is 14.1. The monoisotopic (exact) mass is 328 g/mol. The van der Waals surface area contributed by atoms with Crippen LogP contribution < -0.4 is 10.5 Å². The predicted octanol–water partition coefficient (Wildman–Crippen LogP) is 3.54. The van der Waals surface area contributed by atoms with Gasteiger partial charge < -0.3 is 10.5 Å². The van der Waals surface area contributed by atoms with E-state index >= 15 is 0 Å². The molecule has 0 spiro atoms. The van der Waals surface area contributed by atoms with E-state index in [0.29, 0.717) is 5.92 Å². The Morgan fingerprint density at radius 2 is 1.92 bits per heavy atom. The topological polar surface area (TPSA) is 38.5 Å². The molecule has 2 aromatic rings. The van der Waals surface area contributed by atoms with Gasteiger partial charge in [-0.15, -0.1) is 0 Å². The van der Waals surface area contributed by atoms with Crippen LogP contribution in [0.4, 0.5) is 4.39 Å². The molecule has 0 aliphatic carbocycles. The number of rotatable bonds is 5. The van der Waals surface area contributed by atoms with Crippen molar-refractivity contribution >= 4 is 0 Å². The Labute approximate surface area is 143 Å². The molecular weight excluding hydrogens is 303 g/mol. The normalized spacial score (nSPS) is 21.6. The molecule has 1 aliphatic heterocycles. The number of likely N-dealkylation sites (tertiary alicyclic amines) is 1. The van der Waals surface area contributed by atoms with E-state index in [1.54, 1.807) is 7.11 Å². The maximum atomic E-state index is 13.0. The Morgan fingerprint density at radius 1 is 1.17 bits per heavy atom. The molecule has 24 heavy (non-hydrogen) atoms. The number of nitrogens with two attached hydrogens (primary N) is 1. The predicted molar refractivity (Wildman–Crippen MR) is 94.6 cm³/mol. The minimum atomic E-state index is -0.187. The first kappa shape index (κ1) is 16.9. The van der Waals surface area contributed by atoms with Gasteiger partial charge in [0.15, 0.2) is 0 Å². The molecule has 1 saturated heterocycles. The number of benzene rings is 2. The van der Waals surface area contributed by atoms with E-state index in [2.05, 4.69) is 17.0 Å². The molecule has 3 nitrogen and oxygen atoms in total. The summed E-state index contributed by atoms with van der Waals surface area (Å²) in [7, 11) is 1.72. The van der Waals surface area contributed by atoms with Crippen molar-refractivity contribution in [3.63, 3.8) is 0 Å². The van der Waals surface area contributed by atoms with Gasteiger partial charge in [0.05, 0.1) is 13.3 Å². The maximum Gasteiger partial charge on any atom is 0.123 e. The quantitative estimate of drug-likeness (QED) is 0.912. The van der Waals surface area contributed by atoms with Crippen molar-refractivity contribution in [2.24, 2.45) is 5.73 Å². The molecule has 0 bridgehead atoms. The summed E-state index contributed by atoms with van der Waals surface area (Å²) in [5, 5.41) is 0. The Hall–Kier alpha value is -1.91. The van der Waals surface area contributed by atoms with Crippen LogP contribution in [0.5, 0.6) is 5.75 Å². The Bertz CT molecular complexity index is 659. The van der Waals surface area contributed by atoms with Gasteiger partial charge >= 0.3 is 0 Å². The second kappa shape index (κ2) is 7.77. The summed E-state index contributed by atoms with van der Waals surface area (Å²) in [4.78, 5) is 2.33. The molecule has 2 unspecified atom stereocenters. The van der Waals surface area contributed by atoms with Gasteiger partial charge in [-0.3, -0.25) is 4.90 Å². The van der Waals surface area contributed by atoms with Gasteiger partial charge in [-0.05, 0) is 54.5 Å². The van der Waals surface area contributed by atoms with E-state index in [-0.39, 0.29) is 12.0 Å². The molecule has 0 amide bonds. The van der Waals surface area contributed by atoms with Crippen molar-refractivity contribution in [3.05, 3.63) is 65.5 Å². The first-order valence-electron chi connectivity index (χ1n) is 8.54. The number of para-hydroxylation sites is 1. The number of nitrogens with zero attached hydrogens (tertiary/aromatic N) is 1. The van der Waals surface area contributed by atoms with Gasteiger partial charge in [0.25, 0.3) is 0 Å². The minimum absolute atomic E-state index is 0.0501. The highest BCUT2D eigenvalue weighted by Crippen LogP contribution is 2.35. The lowest BCUT2D eigenvalue weighted by Gasteiger charge is -2.38. The van der Waals surface area contributed by atoms with Crippen LogP contribution in [-0.2, 0) is 6.42 Å². The number of halogens is 1. The Kier molecular flexibility index (Phi) is 5.48. The lowest BCUT2D eigenvalue weighted by atomic mass is 9.87. The maximum absolute atomic E-state index is 13.0. The van der Waals surface area contributed by atoms with Gasteiger partial charge in [-0.1, -0.05) is 30.3 Å². The molecule has 4 heteroatoms. The molecule has 1 heterocycles. The van der Waals surface area contributed by atoms with E-state index in [4.69, 9.17) is 10.5 Å². The molecule has 1 aliphatic rings. The van der Waals surface area contributed by atoms with Crippen LogP contribution in [0.15, 0.2) is 48.5 Å². The highest BCUT2D eigenvalue weighted by Gasteiger charge is 2.28. The van der Waals surface area contributed by atoms with Crippen molar-refractivity contribution < 1.29 is 9.13 Å². The first-order chi connectivity index (χ1) is 11.7. The summed E-state index contributed by atoms with van der Waals surface area (Å²) in [6.07, 6.45) is 2.96. The molecule has 1 fully saturated rings. The van der Waals surface area contributed by atoms with Crippen LogP contribution >= 0.6 is 0 Å². The second-order valence-electron chi connectivity index (χ2n) is 6.44. The standard InChI is InChI=1S/C20H25FN2O/c1-24-19-5-3-2-4-18(19)16-11-13-23(20(22)14-16)12-10-15-6-8-17(21)9-7-15/h2-9,16,20H,10-14,22H2,1H3. The summed E-state index contributed by atoms with van der Waals surface area (Å²) in [6, 6.07) is 15.0. The van der Waals surface area contributed by atoms with Crippen LogP contribution in [0, 0.1) is 5.82 Å². The third-order valence-electron chi connectivity index (χ3n) is 4.94. The molecule has 2 N–H and O–H groups in total. The van der Waals surface area contributed by atoms with Crippen molar-refractivity contribution in [3.8, 4) is 5.75 Å². The summed E-state index contributed by atoms with van der Waals surface area (Å²) in [5.41, 5.74) is 8.82.